The van der Waals surface area contributed by atoms with Gasteiger partial charge in [0.25, 0.3) is 0 Å². The van der Waals surface area contributed by atoms with E-state index in [0.29, 0.717) is 6.54 Å². The van der Waals surface area contributed by atoms with Crippen molar-refractivity contribution in [3.8, 4) is 5.75 Å². The molecule has 1 saturated carbocycles. The number of rotatable bonds is 6. The summed E-state index contributed by atoms with van der Waals surface area (Å²) in [5, 5.41) is 3.63. The van der Waals surface area contributed by atoms with Crippen LogP contribution in [0.1, 0.15) is 36.9 Å². The minimum Gasteiger partial charge on any atom is -0.493 e. The Kier molecular flexibility index (Phi) is 3.76. The van der Waals surface area contributed by atoms with E-state index in [-0.39, 0.29) is 6.04 Å². The number of hydrogen-bond acceptors (Lipinski definition) is 3. The number of fused-ring (bicyclic) bond motifs is 1. The van der Waals surface area contributed by atoms with E-state index in [9.17, 15) is 0 Å². The molecule has 2 unspecified atom stereocenters. The minimum absolute atomic E-state index is 0.270. The summed E-state index contributed by atoms with van der Waals surface area (Å²) < 4.78 is 5.55. The molecule has 2 atom stereocenters. The van der Waals surface area contributed by atoms with Gasteiger partial charge < -0.3 is 15.8 Å². The predicted molar refractivity (Wildman–Crippen MR) is 77.3 cm³/mol. The van der Waals surface area contributed by atoms with Crippen molar-refractivity contribution in [2.24, 2.45) is 17.6 Å². The molecule has 0 saturated heterocycles. The molecule has 104 valence electrons. The lowest BCUT2D eigenvalue weighted by Gasteiger charge is -2.20. The van der Waals surface area contributed by atoms with Gasteiger partial charge in [-0.3, -0.25) is 0 Å². The van der Waals surface area contributed by atoms with Crippen molar-refractivity contribution < 1.29 is 4.74 Å². The SMILES string of the molecule is CC(CNC(CN)c1ccc2c(c1)CCO2)C1CC1. The molecule has 0 spiro atoms. The van der Waals surface area contributed by atoms with Crippen LogP contribution in [0.5, 0.6) is 5.75 Å². The molecule has 3 heteroatoms. The maximum Gasteiger partial charge on any atom is 0.122 e. The number of nitrogens with one attached hydrogen (secondary N) is 1. The molecule has 1 aromatic carbocycles. The summed E-state index contributed by atoms with van der Waals surface area (Å²) in [5.41, 5.74) is 8.56. The second kappa shape index (κ2) is 5.51. The second-order valence-corrected chi connectivity index (χ2v) is 5.98. The lowest BCUT2D eigenvalue weighted by Crippen LogP contribution is -2.32. The Labute approximate surface area is 115 Å². The lowest BCUT2D eigenvalue weighted by atomic mass is 10.0. The van der Waals surface area contributed by atoms with Gasteiger partial charge in [0.05, 0.1) is 6.61 Å². The van der Waals surface area contributed by atoms with Crippen molar-refractivity contribution in [2.75, 3.05) is 19.7 Å². The largest absolute Gasteiger partial charge is 0.493 e. The van der Waals surface area contributed by atoms with Crippen LogP contribution in [0.4, 0.5) is 0 Å². The van der Waals surface area contributed by atoms with Crippen LogP contribution in [0.25, 0.3) is 0 Å². The first-order valence-corrected chi connectivity index (χ1v) is 7.47. The highest BCUT2D eigenvalue weighted by molar-refractivity contribution is 5.40. The summed E-state index contributed by atoms with van der Waals surface area (Å²) in [5.74, 6) is 2.76. The maximum absolute atomic E-state index is 5.93. The molecule has 1 aliphatic carbocycles. The first-order chi connectivity index (χ1) is 9.28. The van der Waals surface area contributed by atoms with Crippen molar-refractivity contribution in [3.05, 3.63) is 29.3 Å². The Morgan fingerprint density at radius 2 is 2.26 bits per heavy atom. The van der Waals surface area contributed by atoms with Gasteiger partial charge in [0.15, 0.2) is 0 Å². The summed E-state index contributed by atoms with van der Waals surface area (Å²) >= 11 is 0. The van der Waals surface area contributed by atoms with Gasteiger partial charge >= 0.3 is 0 Å². The van der Waals surface area contributed by atoms with Crippen molar-refractivity contribution in [1.29, 1.82) is 0 Å². The molecular formula is C16H24N2O. The van der Waals surface area contributed by atoms with Crippen LogP contribution >= 0.6 is 0 Å². The van der Waals surface area contributed by atoms with Crippen LogP contribution in [0.2, 0.25) is 0 Å². The van der Waals surface area contributed by atoms with E-state index in [1.807, 2.05) is 0 Å². The zero-order chi connectivity index (χ0) is 13.2. The van der Waals surface area contributed by atoms with E-state index in [0.717, 1.165) is 37.2 Å². The van der Waals surface area contributed by atoms with E-state index in [1.165, 1.54) is 24.0 Å². The van der Waals surface area contributed by atoms with Gasteiger partial charge in [0.2, 0.25) is 0 Å². The number of nitrogens with two attached hydrogens (primary N) is 1. The zero-order valence-corrected chi connectivity index (χ0v) is 11.7. The fourth-order valence-corrected chi connectivity index (χ4v) is 2.92. The van der Waals surface area contributed by atoms with Crippen molar-refractivity contribution >= 4 is 0 Å². The Morgan fingerprint density at radius 1 is 1.42 bits per heavy atom. The summed E-state index contributed by atoms with van der Waals surface area (Å²) in [4.78, 5) is 0. The first-order valence-electron chi connectivity index (χ1n) is 7.47. The van der Waals surface area contributed by atoms with E-state index in [2.05, 4.69) is 30.4 Å². The van der Waals surface area contributed by atoms with Gasteiger partial charge in [0.1, 0.15) is 5.75 Å². The molecule has 19 heavy (non-hydrogen) atoms. The summed E-state index contributed by atoms with van der Waals surface area (Å²) in [6.07, 6.45) is 3.84. The van der Waals surface area contributed by atoms with Crippen LogP contribution in [-0.2, 0) is 6.42 Å². The zero-order valence-electron chi connectivity index (χ0n) is 11.7. The van der Waals surface area contributed by atoms with Crippen molar-refractivity contribution in [2.45, 2.75) is 32.2 Å². The molecule has 3 rings (SSSR count). The molecule has 0 bridgehead atoms. The van der Waals surface area contributed by atoms with Crippen LogP contribution in [0.3, 0.4) is 0 Å². The molecule has 0 amide bonds. The standard InChI is InChI=1S/C16H24N2O/c1-11(12-2-3-12)10-18-15(9-17)13-4-5-16-14(8-13)6-7-19-16/h4-5,8,11-12,15,18H,2-3,6-7,9-10,17H2,1H3. The van der Waals surface area contributed by atoms with Gasteiger partial charge in [-0.2, -0.15) is 0 Å². The van der Waals surface area contributed by atoms with Crippen LogP contribution in [-0.4, -0.2) is 19.7 Å². The Hall–Kier alpha value is -1.06. The van der Waals surface area contributed by atoms with E-state index in [1.54, 1.807) is 0 Å². The third kappa shape index (κ3) is 2.93. The Bertz CT molecular complexity index is 442. The molecule has 3 nitrogen and oxygen atoms in total. The monoisotopic (exact) mass is 260 g/mol. The van der Waals surface area contributed by atoms with Crippen LogP contribution in [0, 0.1) is 11.8 Å². The molecule has 1 heterocycles. The molecule has 2 aliphatic rings. The number of ether oxygens (including phenoxy) is 1. The summed E-state index contributed by atoms with van der Waals surface area (Å²) in [6, 6.07) is 6.77. The van der Waals surface area contributed by atoms with Crippen molar-refractivity contribution in [1.82, 2.24) is 5.32 Å². The topological polar surface area (TPSA) is 47.3 Å². The molecule has 1 fully saturated rings. The minimum atomic E-state index is 0.270. The highest BCUT2D eigenvalue weighted by Crippen LogP contribution is 2.36. The van der Waals surface area contributed by atoms with Gasteiger partial charge in [-0.05, 0) is 48.4 Å². The summed E-state index contributed by atoms with van der Waals surface area (Å²) in [7, 11) is 0. The van der Waals surface area contributed by atoms with E-state index >= 15 is 0 Å². The van der Waals surface area contributed by atoms with Crippen LogP contribution < -0.4 is 15.8 Å². The molecule has 1 aliphatic heterocycles. The maximum atomic E-state index is 5.93. The number of benzene rings is 1. The third-order valence-corrected chi connectivity index (χ3v) is 4.46. The second-order valence-electron chi connectivity index (χ2n) is 5.98. The Balaban J connectivity index is 1.64. The van der Waals surface area contributed by atoms with E-state index < -0.39 is 0 Å². The van der Waals surface area contributed by atoms with Crippen LogP contribution in [0.15, 0.2) is 18.2 Å². The highest BCUT2D eigenvalue weighted by atomic mass is 16.5. The molecule has 1 aromatic rings. The average molecular weight is 260 g/mol. The molecule has 3 N–H and O–H groups in total. The fraction of sp³-hybridized carbons (Fsp3) is 0.625. The van der Waals surface area contributed by atoms with Gasteiger partial charge in [0, 0.05) is 19.0 Å². The average Bonchev–Trinajstić information content (AvgIpc) is 3.17. The molecule has 0 aromatic heterocycles. The molecule has 0 radical (unpaired) electrons. The smallest absolute Gasteiger partial charge is 0.122 e. The van der Waals surface area contributed by atoms with Crippen molar-refractivity contribution in [3.63, 3.8) is 0 Å². The quantitative estimate of drug-likeness (QED) is 0.825. The normalized spacial score (nSPS) is 20.7. The van der Waals surface area contributed by atoms with E-state index in [4.69, 9.17) is 10.5 Å². The lowest BCUT2D eigenvalue weighted by molar-refractivity contribution is 0.356. The first kappa shape index (κ1) is 12.9. The Morgan fingerprint density at radius 3 is 3.00 bits per heavy atom. The number of hydrogen-bond donors (Lipinski definition) is 2. The summed E-state index contributed by atoms with van der Waals surface area (Å²) in [6.45, 7) is 4.88. The van der Waals surface area contributed by atoms with Gasteiger partial charge in [-0.15, -0.1) is 0 Å². The predicted octanol–water partition coefficient (Wildman–Crippen LogP) is 2.26. The fourth-order valence-electron chi connectivity index (χ4n) is 2.92. The van der Waals surface area contributed by atoms with Gasteiger partial charge in [-0.25, -0.2) is 0 Å². The highest BCUT2D eigenvalue weighted by Gasteiger charge is 2.28. The van der Waals surface area contributed by atoms with Gasteiger partial charge in [-0.1, -0.05) is 19.1 Å². The third-order valence-electron chi connectivity index (χ3n) is 4.46. The molecular weight excluding hydrogens is 236 g/mol.